The summed E-state index contributed by atoms with van der Waals surface area (Å²) in [6, 6.07) is 2.00. The number of carbonyl (C=O) groups is 1. The molecule has 3 N–H and O–H groups in total. The zero-order chi connectivity index (χ0) is 21.0. The number of aromatic nitrogens is 1. The molecule has 0 aliphatic heterocycles. The molecule has 0 saturated heterocycles. The predicted octanol–water partition coefficient (Wildman–Crippen LogP) is 3.55. The molecule has 160 valence electrons. The van der Waals surface area contributed by atoms with Crippen LogP contribution in [0.3, 0.4) is 0 Å². The maximum absolute atomic E-state index is 11.6. The molecule has 1 aromatic rings. The Kier molecular flexibility index (Phi) is 10.4. The summed E-state index contributed by atoms with van der Waals surface area (Å²) in [4.78, 5) is 16.1. The Hall–Kier alpha value is -2.25. The number of guanidine groups is 1. The number of hydrogen-bond donors (Lipinski definition) is 3. The monoisotopic (exact) mass is 395 g/mol. The van der Waals surface area contributed by atoms with Crippen LogP contribution in [0.4, 0.5) is 4.79 Å². The maximum atomic E-state index is 11.6. The van der Waals surface area contributed by atoms with E-state index in [1.54, 1.807) is 0 Å². The van der Waals surface area contributed by atoms with Gasteiger partial charge in [-0.3, -0.25) is 0 Å². The average molecular weight is 396 g/mol. The van der Waals surface area contributed by atoms with E-state index in [0.29, 0.717) is 31.5 Å². The third kappa shape index (κ3) is 9.62. The molecule has 0 radical (unpaired) electrons. The van der Waals surface area contributed by atoms with Crippen molar-refractivity contribution in [3.05, 3.63) is 17.5 Å². The summed E-state index contributed by atoms with van der Waals surface area (Å²) in [5.74, 6) is 1.90. The quantitative estimate of drug-likeness (QED) is 0.318. The van der Waals surface area contributed by atoms with Gasteiger partial charge in [-0.2, -0.15) is 0 Å². The minimum Gasteiger partial charge on any atom is -0.444 e. The van der Waals surface area contributed by atoms with Crippen molar-refractivity contribution >= 4 is 12.1 Å². The third-order valence-electron chi connectivity index (χ3n) is 4.03. The molecule has 0 aromatic carbocycles. The van der Waals surface area contributed by atoms with E-state index in [1.165, 1.54) is 0 Å². The molecular weight excluding hydrogens is 358 g/mol. The first kappa shape index (κ1) is 23.8. The van der Waals surface area contributed by atoms with Crippen LogP contribution in [-0.4, -0.2) is 42.4 Å². The molecule has 0 atom stereocenters. The molecule has 0 aliphatic rings. The fraction of sp³-hybridized carbons (Fsp3) is 0.750. The number of aliphatic imine (C=N–C) groups is 1. The van der Waals surface area contributed by atoms with Crippen molar-refractivity contribution in [2.24, 2.45) is 4.99 Å². The molecule has 0 unspecified atom stereocenters. The van der Waals surface area contributed by atoms with Gasteiger partial charge in [0.25, 0.3) is 0 Å². The number of nitrogens with one attached hydrogen (secondary N) is 3. The van der Waals surface area contributed by atoms with Gasteiger partial charge in [-0.05, 0) is 47.0 Å². The number of carbonyl (C=O) groups excluding carboxylic acids is 1. The van der Waals surface area contributed by atoms with Crippen molar-refractivity contribution in [3.8, 4) is 0 Å². The summed E-state index contributed by atoms with van der Waals surface area (Å²) in [7, 11) is 0. The van der Waals surface area contributed by atoms with Gasteiger partial charge in [0.1, 0.15) is 12.1 Å². The van der Waals surface area contributed by atoms with Gasteiger partial charge in [0.2, 0.25) is 0 Å². The highest BCUT2D eigenvalue weighted by molar-refractivity contribution is 5.79. The van der Waals surface area contributed by atoms with Crippen LogP contribution in [0.1, 0.15) is 78.2 Å². The minimum absolute atomic E-state index is 0.397. The molecule has 8 nitrogen and oxygen atoms in total. The SMILES string of the molecule is CCNC(=NCc1cc(C(CC)CC)no1)NCCCNC(=O)OC(C)(C)C. The van der Waals surface area contributed by atoms with Crippen molar-refractivity contribution in [3.63, 3.8) is 0 Å². The van der Waals surface area contributed by atoms with Crippen LogP contribution in [0.5, 0.6) is 0 Å². The zero-order valence-electron chi connectivity index (χ0n) is 18.2. The number of nitrogens with zero attached hydrogens (tertiary/aromatic N) is 2. The molecule has 0 spiro atoms. The van der Waals surface area contributed by atoms with Gasteiger partial charge in [-0.1, -0.05) is 19.0 Å². The second kappa shape index (κ2) is 12.3. The van der Waals surface area contributed by atoms with Crippen molar-refractivity contribution in [1.29, 1.82) is 0 Å². The largest absolute Gasteiger partial charge is 0.444 e. The summed E-state index contributed by atoms with van der Waals surface area (Å²) >= 11 is 0. The molecule has 1 aromatic heterocycles. The maximum Gasteiger partial charge on any atom is 0.407 e. The van der Waals surface area contributed by atoms with Crippen molar-refractivity contribution in [2.75, 3.05) is 19.6 Å². The molecule has 1 heterocycles. The van der Waals surface area contributed by atoms with E-state index in [9.17, 15) is 4.79 Å². The van der Waals surface area contributed by atoms with Crippen LogP contribution in [0, 0.1) is 0 Å². The molecule has 0 bridgehead atoms. The molecule has 8 heteroatoms. The normalized spacial score (nSPS) is 12.2. The van der Waals surface area contributed by atoms with Gasteiger partial charge in [0.15, 0.2) is 11.7 Å². The summed E-state index contributed by atoms with van der Waals surface area (Å²) < 4.78 is 10.6. The lowest BCUT2D eigenvalue weighted by atomic mass is 9.99. The second-order valence-corrected chi connectivity index (χ2v) is 7.64. The van der Waals surface area contributed by atoms with Crippen LogP contribution in [-0.2, 0) is 11.3 Å². The Bertz CT molecular complexity index is 603. The van der Waals surface area contributed by atoms with Crippen LogP contribution < -0.4 is 16.0 Å². The summed E-state index contributed by atoms with van der Waals surface area (Å²) in [5.41, 5.74) is 0.517. The fourth-order valence-corrected chi connectivity index (χ4v) is 2.60. The fourth-order valence-electron chi connectivity index (χ4n) is 2.60. The lowest BCUT2D eigenvalue weighted by Crippen LogP contribution is -2.39. The highest BCUT2D eigenvalue weighted by atomic mass is 16.6. The van der Waals surface area contributed by atoms with Crippen LogP contribution >= 0.6 is 0 Å². The first-order chi connectivity index (χ1) is 13.3. The van der Waals surface area contributed by atoms with E-state index in [4.69, 9.17) is 9.26 Å². The zero-order valence-corrected chi connectivity index (χ0v) is 18.2. The molecule has 1 amide bonds. The topological polar surface area (TPSA) is 101 Å². The summed E-state index contributed by atoms with van der Waals surface area (Å²) in [6.07, 6.45) is 2.46. The van der Waals surface area contributed by atoms with Crippen molar-refractivity contribution < 1.29 is 14.1 Å². The number of rotatable bonds is 10. The van der Waals surface area contributed by atoms with E-state index in [1.807, 2.05) is 33.8 Å². The molecular formula is C20H37N5O3. The molecule has 1 rings (SSSR count). The smallest absolute Gasteiger partial charge is 0.407 e. The highest BCUT2D eigenvalue weighted by Crippen LogP contribution is 2.22. The Morgan fingerprint density at radius 2 is 1.86 bits per heavy atom. The van der Waals surface area contributed by atoms with Gasteiger partial charge in [-0.25, -0.2) is 9.79 Å². The van der Waals surface area contributed by atoms with E-state index in [0.717, 1.165) is 37.3 Å². The minimum atomic E-state index is -0.484. The Balaban J connectivity index is 2.41. The second-order valence-electron chi connectivity index (χ2n) is 7.64. The average Bonchev–Trinajstić information content (AvgIpc) is 3.07. The Morgan fingerprint density at radius 1 is 1.18 bits per heavy atom. The summed E-state index contributed by atoms with van der Waals surface area (Å²) in [5, 5.41) is 13.4. The molecule has 28 heavy (non-hydrogen) atoms. The molecule has 0 aliphatic carbocycles. The number of amides is 1. The van der Waals surface area contributed by atoms with Gasteiger partial charge in [-0.15, -0.1) is 0 Å². The standard InChI is InChI=1S/C20H37N5O3/c1-7-15(8-2)17-13-16(28-25-17)14-24-18(21-9-3)22-11-10-12-23-19(26)27-20(4,5)6/h13,15H,7-12,14H2,1-6H3,(H,23,26)(H2,21,22,24). The Labute approximate surface area is 168 Å². The summed E-state index contributed by atoms with van der Waals surface area (Å²) in [6.45, 7) is 14.3. The van der Waals surface area contributed by atoms with Crippen LogP contribution in [0.2, 0.25) is 0 Å². The van der Waals surface area contributed by atoms with Crippen LogP contribution in [0.15, 0.2) is 15.6 Å². The van der Waals surface area contributed by atoms with Gasteiger partial charge >= 0.3 is 6.09 Å². The van der Waals surface area contributed by atoms with E-state index >= 15 is 0 Å². The van der Waals surface area contributed by atoms with Crippen LogP contribution in [0.25, 0.3) is 0 Å². The number of ether oxygens (including phenoxy) is 1. The van der Waals surface area contributed by atoms with Gasteiger partial charge in [0, 0.05) is 31.6 Å². The number of hydrogen-bond acceptors (Lipinski definition) is 5. The Morgan fingerprint density at radius 3 is 2.46 bits per heavy atom. The number of alkyl carbamates (subject to hydrolysis) is 1. The first-order valence-electron chi connectivity index (χ1n) is 10.2. The lowest BCUT2D eigenvalue weighted by Gasteiger charge is -2.19. The highest BCUT2D eigenvalue weighted by Gasteiger charge is 2.15. The molecule has 0 saturated carbocycles. The first-order valence-corrected chi connectivity index (χ1v) is 10.2. The predicted molar refractivity (Wildman–Crippen MR) is 111 cm³/mol. The third-order valence-corrected chi connectivity index (χ3v) is 4.03. The van der Waals surface area contributed by atoms with Gasteiger partial charge in [0.05, 0.1) is 5.69 Å². The van der Waals surface area contributed by atoms with E-state index in [-0.39, 0.29) is 0 Å². The van der Waals surface area contributed by atoms with Crippen molar-refractivity contribution in [1.82, 2.24) is 21.1 Å². The van der Waals surface area contributed by atoms with E-state index < -0.39 is 11.7 Å². The van der Waals surface area contributed by atoms with Crippen molar-refractivity contribution in [2.45, 2.75) is 78.9 Å². The molecule has 0 fully saturated rings. The lowest BCUT2D eigenvalue weighted by molar-refractivity contribution is 0.0527. The van der Waals surface area contributed by atoms with Gasteiger partial charge < -0.3 is 25.2 Å². The van der Waals surface area contributed by atoms with E-state index in [2.05, 4.69) is 39.9 Å².